The van der Waals surface area contributed by atoms with Gasteiger partial charge in [-0.2, -0.15) is 0 Å². The quantitative estimate of drug-likeness (QED) is 0.673. The minimum atomic E-state index is 0.432. The molecule has 0 atom stereocenters. The summed E-state index contributed by atoms with van der Waals surface area (Å²) in [5, 5.41) is 9.33. The standard InChI is InChI=1S/C20H30N3O2/c1-3-24-19-12-18(20(25-4-2)11-17(19)22-21)23-13-15-7-5-8-16(14-23)10-6-9-15/h11-12,15-16H,3-10,13-14H2,1-2H3/q+1. The lowest BCUT2D eigenvalue weighted by atomic mass is 9.82. The van der Waals surface area contributed by atoms with Crippen molar-refractivity contribution >= 4 is 11.4 Å². The molecule has 4 rings (SSSR count). The SMILES string of the molecule is CCOc1cc(N2CC3CCCC(CCC3)C2)c(OCC)cc1[N+]#N. The molecule has 0 spiro atoms. The van der Waals surface area contributed by atoms with Gasteiger partial charge in [-0.15, -0.1) is 0 Å². The van der Waals surface area contributed by atoms with E-state index in [1.165, 1.54) is 38.5 Å². The van der Waals surface area contributed by atoms with Crippen LogP contribution >= 0.6 is 0 Å². The topological polar surface area (TPSA) is 49.9 Å². The van der Waals surface area contributed by atoms with Crippen LogP contribution in [0.5, 0.6) is 11.5 Å². The first-order chi connectivity index (χ1) is 12.2. The first-order valence-corrected chi connectivity index (χ1v) is 9.78. The second kappa shape index (κ2) is 8.42. The highest BCUT2D eigenvalue weighted by molar-refractivity contribution is 5.72. The first kappa shape index (κ1) is 17.8. The van der Waals surface area contributed by atoms with Gasteiger partial charge in [0.2, 0.25) is 11.1 Å². The van der Waals surface area contributed by atoms with Crippen LogP contribution in [0.1, 0.15) is 52.4 Å². The largest absolute Gasteiger partial charge is 0.491 e. The molecule has 0 amide bonds. The Morgan fingerprint density at radius 2 is 1.52 bits per heavy atom. The number of benzene rings is 1. The molecule has 136 valence electrons. The molecule has 1 aromatic carbocycles. The first-order valence-electron chi connectivity index (χ1n) is 9.78. The number of hydrogen-bond donors (Lipinski definition) is 0. The molecule has 0 aromatic heterocycles. The summed E-state index contributed by atoms with van der Waals surface area (Å²) in [6.45, 7) is 7.22. The minimum Gasteiger partial charge on any atom is -0.491 e. The van der Waals surface area contributed by atoms with Crippen molar-refractivity contribution in [2.45, 2.75) is 52.4 Å². The minimum absolute atomic E-state index is 0.432. The van der Waals surface area contributed by atoms with Gasteiger partial charge in [0, 0.05) is 19.2 Å². The maximum Gasteiger partial charge on any atom is 0.430 e. The van der Waals surface area contributed by atoms with Crippen molar-refractivity contribution in [2.24, 2.45) is 11.8 Å². The Morgan fingerprint density at radius 3 is 2.04 bits per heavy atom. The van der Waals surface area contributed by atoms with E-state index >= 15 is 0 Å². The molecule has 2 bridgehead atoms. The molecular formula is C20H30N3O2+. The Balaban J connectivity index is 1.98. The van der Waals surface area contributed by atoms with Crippen LogP contribution in [0.25, 0.3) is 4.98 Å². The summed E-state index contributed by atoms with van der Waals surface area (Å²) in [6.07, 6.45) is 8.07. The van der Waals surface area contributed by atoms with Gasteiger partial charge < -0.3 is 14.4 Å². The van der Waals surface area contributed by atoms with Crippen molar-refractivity contribution in [3.05, 3.63) is 17.1 Å². The predicted octanol–water partition coefficient (Wildman–Crippen LogP) is 5.38. The molecule has 25 heavy (non-hydrogen) atoms. The van der Waals surface area contributed by atoms with Crippen LogP contribution in [0, 0.1) is 17.2 Å². The van der Waals surface area contributed by atoms with Crippen molar-refractivity contribution in [3.8, 4) is 11.5 Å². The summed E-state index contributed by atoms with van der Waals surface area (Å²) in [4.78, 5) is 5.87. The zero-order valence-corrected chi connectivity index (χ0v) is 15.5. The number of anilines is 1. The summed E-state index contributed by atoms with van der Waals surface area (Å²) in [5.74, 6) is 2.93. The van der Waals surface area contributed by atoms with E-state index in [9.17, 15) is 5.39 Å². The van der Waals surface area contributed by atoms with Crippen molar-refractivity contribution in [2.75, 3.05) is 31.2 Å². The molecule has 3 aliphatic rings. The van der Waals surface area contributed by atoms with Crippen molar-refractivity contribution < 1.29 is 9.47 Å². The lowest BCUT2D eigenvalue weighted by molar-refractivity contribution is 0.280. The zero-order valence-electron chi connectivity index (χ0n) is 15.5. The van der Waals surface area contributed by atoms with Gasteiger partial charge in [-0.05, 0) is 51.4 Å². The van der Waals surface area contributed by atoms with Gasteiger partial charge in [-0.25, -0.2) is 0 Å². The molecule has 1 aromatic rings. The van der Waals surface area contributed by atoms with E-state index in [1.807, 2.05) is 19.9 Å². The fraction of sp³-hybridized carbons (Fsp3) is 0.700. The Labute approximate surface area is 150 Å². The smallest absolute Gasteiger partial charge is 0.430 e. The van der Waals surface area contributed by atoms with Gasteiger partial charge in [-0.1, -0.05) is 12.8 Å². The second-order valence-electron chi connectivity index (χ2n) is 7.25. The molecule has 0 radical (unpaired) electrons. The van der Waals surface area contributed by atoms with Crippen LogP contribution < -0.4 is 14.4 Å². The third-order valence-corrected chi connectivity index (χ3v) is 5.50. The number of diazo groups is 1. The highest BCUT2D eigenvalue weighted by atomic mass is 16.5. The van der Waals surface area contributed by atoms with Crippen molar-refractivity contribution in [1.29, 1.82) is 5.39 Å². The Hall–Kier alpha value is -1.96. The third kappa shape index (κ3) is 4.18. The molecule has 2 aliphatic heterocycles. The average Bonchev–Trinajstić information content (AvgIpc) is 2.55. The predicted molar refractivity (Wildman–Crippen MR) is 100 cm³/mol. The molecule has 5 nitrogen and oxygen atoms in total. The normalized spacial score (nSPS) is 23.3. The van der Waals surface area contributed by atoms with E-state index < -0.39 is 0 Å². The highest BCUT2D eigenvalue weighted by Gasteiger charge is 2.29. The summed E-state index contributed by atoms with van der Waals surface area (Å²) in [6, 6.07) is 3.80. The molecule has 1 aliphatic carbocycles. The van der Waals surface area contributed by atoms with Gasteiger partial charge in [0.1, 0.15) is 0 Å². The van der Waals surface area contributed by atoms with Crippen LogP contribution in [-0.4, -0.2) is 26.3 Å². The van der Waals surface area contributed by atoms with E-state index in [-0.39, 0.29) is 0 Å². The van der Waals surface area contributed by atoms with Crippen LogP contribution in [0.3, 0.4) is 0 Å². The van der Waals surface area contributed by atoms with E-state index in [0.717, 1.165) is 36.4 Å². The zero-order chi connectivity index (χ0) is 17.6. The molecule has 0 N–H and O–H groups in total. The molecule has 2 heterocycles. The summed E-state index contributed by atoms with van der Waals surface area (Å²) in [7, 11) is 0. The van der Waals surface area contributed by atoms with Gasteiger partial charge in [0.25, 0.3) is 0 Å². The molecule has 5 heteroatoms. The number of ether oxygens (including phenoxy) is 2. The van der Waals surface area contributed by atoms with Crippen molar-refractivity contribution in [1.82, 2.24) is 0 Å². The fourth-order valence-corrected chi connectivity index (χ4v) is 4.34. The molecule has 1 saturated carbocycles. The fourth-order valence-electron chi connectivity index (χ4n) is 4.34. The Kier molecular flexibility index (Phi) is 6.01. The monoisotopic (exact) mass is 344 g/mol. The lowest BCUT2D eigenvalue weighted by Crippen LogP contribution is -2.38. The second-order valence-corrected chi connectivity index (χ2v) is 7.25. The summed E-state index contributed by atoms with van der Waals surface area (Å²) < 4.78 is 11.6. The molecular weight excluding hydrogens is 314 g/mol. The number of fused-ring (bicyclic) bond motifs is 6. The van der Waals surface area contributed by atoms with Gasteiger partial charge in [0.05, 0.1) is 25.0 Å². The van der Waals surface area contributed by atoms with Crippen LogP contribution in [0.2, 0.25) is 0 Å². The lowest BCUT2D eigenvalue weighted by Gasteiger charge is -2.38. The van der Waals surface area contributed by atoms with Crippen LogP contribution in [-0.2, 0) is 0 Å². The molecule has 3 fully saturated rings. The van der Waals surface area contributed by atoms with E-state index in [1.54, 1.807) is 6.07 Å². The van der Waals surface area contributed by atoms with E-state index in [4.69, 9.17) is 9.47 Å². The van der Waals surface area contributed by atoms with Gasteiger partial charge >= 0.3 is 5.69 Å². The Morgan fingerprint density at radius 1 is 0.960 bits per heavy atom. The summed E-state index contributed by atoms with van der Waals surface area (Å²) in [5.41, 5.74) is 1.51. The van der Waals surface area contributed by atoms with Crippen LogP contribution in [0.4, 0.5) is 11.4 Å². The average molecular weight is 344 g/mol. The van der Waals surface area contributed by atoms with Gasteiger partial charge in [-0.3, -0.25) is 0 Å². The number of rotatable bonds is 5. The third-order valence-electron chi connectivity index (χ3n) is 5.50. The Bertz CT molecular complexity index is 602. The highest BCUT2D eigenvalue weighted by Crippen LogP contribution is 2.42. The maximum atomic E-state index is 9.33. The number of hydrogen-bond acceptors (Lipinski definition) is 4. The molecule has 0 unspecified atom stereocenters. The van der Waals surface area contributed by atoms with Crippen LogP contribution in [0.15, 0.2) is 12.1 Å². The van der Waals surface area contributed by atoms with E-state index in [2.05, 4.69) is 9.88 Å². The van der Waals surface area contributed by atoms with Crippen molar-refractivity contribution in [3.63, 3.8) is 0 Å². The summed E-state index contributed by atoms with van der Waals surface area (Å²) >= 11 is 0. The number of nitrogens with zero attached hydrogens (tertiary/aromatic N) is 3. The van der Waals surface area contributed by atoms with Gasteiger partial charge in [0.15, 0.2) is 10.7 Å². The maximum absolute atomic E-state index is 9.33. The molecule has 2 saturated heterocycles. The van der Waals surface area contributed by atoms with E-state index in [0.29, 0.717) is 24.7 Å².